The van der Waals surface area contributed by atoms with E-state index in [0.29, 0.717) is 0 Å². The van der Waals surface area contributed by atoms with Gasteiger partial charge < -0.3 is 0 Å². The van der Waals surface area contributed by atoms with Gasteiger partial charge >= 0.3 is 0 Å². The van der Waals surface area contributed by atoms with Crippen LogP contribution >= 0.6 is 0 Å². The summed E-state index contributed by atoms with van der Waals surface area (Å²) < 4.78 is 0. The molecular formula is C26H40N2. The van der Waals surface area contributed by atoms with Crippen LogP contribution in [0.25, 0.3) is 11.1 Å². The van der Waals surface area contributed by atoms with Crippen LogP contribution in [-0.2, 0) is 12.8 Å². The second-order valence-electron chi connectivity index (χ2n) is 8.24. The van der Waals surface area contributed by atoms with E-state index in [-0.39, 0.29) is 0 Å². The van der Waals surface area contributed by atoms with Gasteiger partial charge in [0.2, 0.25) is 0 Å². The highest BCUT2D eigenvalue weighted by molar-refractivity contribution is 5.71. The molecule has 0 aromatic carbocycles. The topological polar surface area (TPSA) is 25.8 Å². The Labute approximate surface area is 173 Å². The quantitative estimate of drug-likeness (QED) is 0.331. The predicted octanol–water partition coefficient (Wildman–Crippen LogP) is 7.79. The first kappa shape index (κ1) is 22.6. The van der Waals surface area contributed by atoms with Gasteiger partial charge in [0.15, 0.2) is 0 Å². The Morgan fingerprint density at radius 2 is 1.39 bits per heavy atom. The normalized spacial score (nSPS) is 11.1. The average molecular weight is 381 g/mol. The molecule has 2 aromatic heterocycles. The maximum Gasteiger partial charge on any atom is 0.0410 e. The van der Waals surface area contributed by atoms with Crippen LogP contribution in [0.5, 0.6) is 0 Å². The van der Waals surface area contributed by atoms with Gasteiger partial charge in [-0.3, -0.25) is 9.97 Å². The lowest BCUT2D eigenvalue weighted by molar-refractivity contribution is 0.627. The van der Waals surface area contributed by atoms with Gasteiger partial charge in [-0.2, -0.15) is 0 Å². The lowest BCUT2D eigenvalue weighted by Crippen LogP contribution is -2.03. The largest absolute Gasteiger partial charge is 0.262 e. The van der Waals surface area contributed by atoms with Crippen LogP contribution < -0.4 is 0 Å². The first-order valence-corrected chi connectivity index (χ1v) is 11.6. The monoisotopic (exact) mass is 380 g/mol. The summed E-state index contributed by atoms with van der Waals surface area (Å²) in [5.74, 6) is 0. The molecule has 0 atom stereocenters. The summed E-state index contributed by atoms with van der Waals surface area (Å²) in [6.07, 6.45) is 19.6. The number of aryl methyl sites for hydroxylation is 3. The zero-order valence-corrected chi connectivity index (χ0v) is 18.7. The summed E-state index contributed by atoms with van der Waals surface area (Å²) in [6.45, 7) is 8.83. The zero-order valence-electron chi connectivity index (χ0n) is 18.7. The lowest BCUT2D eigenvalue weighted by atomic mass is 9.89. The summed E-state index contributed by atoms with van der Waals surface area (Å²) >= 11 is 0. The van der Waals surface area contributed by atoms with E-state index in [0.717, 1.165) is 18.5 Å². The third-order valence-corrected chi connectivity index (χ3v) is 5.74. The molecule has 0 aliphatic carbocycles. The van der Waals surface area contributed by atoms with Crippen molar-refractivity contribution in [2.75, 3.05) is 0 Å². The van der Waals surface area contributed by atoms with Gasteiger partial charge in [-0.1, -0.05) is 65.2 Å². The van der Waals surface area contributed by atoms with Crippen molar-refractivity contribution in [1.29, 1.82) is 0 Å². The van der Waals surface area contributed by atoms with Gasteiger partial charge in [-0.15, -0.1) is 0 Å². The second-order valence-corrected chi connectivity index (χ2v) is 8.24. The number of hydrogen-bond acceptors (Lipinski definition) is 2. The van der Waals surface area contributed by atoms with Gasteiger partial charge in [-0.05, 0) is 73.9 Å². The van der Waals surface area contributed by atoms with Crippen LogP contribution in [0, 0.1) is 13.8 Å². The van der Waals surface area contributed by atoms with E-state index < -0.39 is 0 Å². The molecular weight excluding hydrogens is 340 g/mol. The summed E-state index contributed by atoms with van der Waals surface area (Å²) in [7, 11) is 0. The van der Waals surface area contributed by atoms with Crippen molar-refractivity contribution < 1.29 is 0 Å². The van der Waals surface area contributed by atoms with Crippen LogP contribution in [0.3, 0.4) is 0 Å². The minimum atomic E-state index is 1.09. The first-order chi connectivity index (χ1) is 13.7. The molecule has 0 saturated carbocycles. The van der Waals surface area contributed by atoms with E-state index in [2.05, 4.69) is 51.0 Å². The molecule has 0 aliphatic heterocycles. The number of aromatic nitrogens is 2. The maximum atomic E-state index is 4.80. The van der Waals surface area contributed by atoms with Crippen molar-refractivity contribution >= 4 is 0 Å². The standard InChI is InChI=1S/C26H40N2/c1-5-7-9-11-13-15-24-20-28-22(4)25(16-14-12-10-8-6-2)26(24)23-17-18-27-21(3)19-23/h17-20H,5-16H2,1-4H3. The van der Waals surface area contributed by atoms with Crippen LogP contribution in [0.1, 0.15) is 101 Å². The molecule has 2 heteroatoms. The van der Waals surface area contributed by atoms with Crippen LogP contribution in [0.2, 0.25) is 0 Å². The summed E-state index contributed by atoms with van der Waals surface area (Å²) in [6, 6.07) is 4.43. The number of hydrogen-bond donors (Lipinski definition) is 0. The number of pyridine rings is 2. The van der Waals surface area contributed by atoms with Gasteiger partial charge in [0.05, 0.1) is 0 Å². The van der Waals surface area contributed by atoms with Gasteiger partial charge in [0, 0.05) is 23.8 Å². The Morgan fingerprint density at radius 1 is 0.750 bits per heavy atom. The predicted molar refractivity (Wildman–Crippen MR) is 122 cm³/mol. The van der Waals surface area contributed by atoms with E-state index in [1.165, 1.54) is 92.2 Å². The molecule has 2 aromatic rings. The lowest BCUT2D eigenvalue weighted by Gasteiger charge is -2.18. The molecule has 0 bridgehead atoms. The molecule has 154 valence electrons. The second kappa shape index (κ2) is 12.7. The van der Waals surface area contributed by atoms with E-state index >= 15 is 0 Å². The first-order valence-electron chi connectivity index (χ1n) is 11.6. The summed E-state index contributed by atoms with van der Waals surface area (Å²) in [5, 5.41) is 0. The SMILES string of the molecule is CCCCCCCc1cnc(C)c(CCCCCCC)c1-c1ccnc(C)c1. The van der Waals surface area contributed by atoms with Crippen molar-refractivity contribution in [2.45, 2.75) is 105 Å². The Hall–Kier alpha value is -1.70. The van der Waals surface area contributed by atoms with Gasteiger partial charge in [0.25, 0.3) is 0 Å². The molecule has 0 radical (unpaired) electrons. The van der Waals surface area contributed by atoms with Crippen molar-refractivity contribution in [2.24, 2.45) is 0 Å². The highest BCUT2D eigenvalue weighted by Crippen LogP contribution is 2.32. The highest BCUT2D eigenvalue weighted by Gasteiger charge is 2.15. The Balaban J connectivity index is 2.24. The molecule has 28 heavy (non-hydrogen) atoms. The molecule has 2 nitrogen and oxygen atoms in total. The van der Waals surface area contributed by atoms with Crippen molar-refractivity contribution in [1.82, 2.24) is 9.97 Å². The van der Waals surface area contributed by atoms with Crippen molar-refractivity contribution in [3.63, 3.8) is 0 Å². The molecule has 0 spiro atoms. The molecule has 0 N–H and O–H groups in total. The Bertz CT molecular complexity index is 706. The highest BCUT2D eigenvalue weighted by atomic mass is 14.7. The molecule has 0 amide bonds. The number of nitrogens with zero attached hydrogens (tertiary/aromatic N) is 2. The fourth-order valence-corrected chi connectivity index (χ4v) is 4.07. The molecule has 2 rings (SSSR count). The third-order valence-electron chi connectivity index (χ3n) is 5.74. The number of unbranched alkanes of at least 4 members (excludes halogenated alkanes) is 8. The average Bonchev–Trinajstić information content (AvgIpc) is 2.69. The van der Waals surface area contributed by atoms with Crippen molar-refractivity contribution in [3.8, 4) is 11.1 Å². The van der Waals surface area contributed by atoms with E-state index in [9.17, 15) is 0 Å². The molecule has 0 aliphatic rings. The Kier molecular flexibility index (Phi) is 10.2. The van der Waals surface area contributed by atoms with Crippen LogP contribution in [0.4, 0.5) is 0 Å². The van der Waals surface area contributed by atoms with Crippen molar-refractivity contribution in [3.05, 3.63) is 47.0 Å². The van der Waals surface area contributed by atoms with Gasteiger partial charge in [0.1, 0.15) is 0 Å². The summed E-state index contributed by atoms with van der Waals surface area (Å²) in [4.78, 5) is 9.23. The fourth-order valence-electron chi connectivity index (χ4n) is 4.07. The van der Waals surface area contributed by atoms with Crippen LogP contribution in [0.15, 0.2) is 24.5 Å². The summed E-state index contributed by atoms with van der Waals surface area (Å²) in [5.41, 5.74) is 7.96. The van der Waals surface area contributed by atoms with Crippen LogP contribution in [-0.4, -0.2) is 9.97 Å². The van der Waals surface area contributed by atoms with E-state index in [1.807, 2.05) is 6.20 Å². The van der Waals surface area contributed by atoms with Gasteiger partial charge in [-0.25, -0.2) is 0 Å². The Morgan fingerprint density at radius 3 is 2.04 bits per heavy atom. The molecule has 0 unspecified atom stereocenters. The minimum absolute atomic E-state index is 1.09. The molecule has 0 saturated heterocycles. The third kappa shape index (κ3) is 7.04. The zero-order chi connectivity index (χ0) is 20.2. The molecule has 0 fully saturated rings. The maximum absolute atomic E-state index is 4.80. The molecule has 2 heterocycles. The number of rotatable bonds is 13. The fraction of sp³-hybridized carbons (Fsp3) is 0.615. The van der Waals surface area contributed by atoms with E-state index in [1.54, 1.807) is 0 Å². The van der Waals surface area contributed by atoms with E-state index in [4.69, 9.17) is 4.98 Å². The minimum Gasteiger partial charge on any atom is -0.262 e. The smallest absolute Gasteiger partial charge is 0.0410 e.